The molecule has 0 spiro atoms. The molecule has 0 aliphatic heterocycles. The van der Waals surface area contributed by atoms with Crippen LogP contribution in [0.4, 0.5) is 11.4 Å². The molecule has 6 N–H and O–H groups in total. The van der Waals surface area contributed by atoms with Crippen molar-refractivity contribution in [3.63, 3.8) is 0 Å². The standard InChI is InChI=1S/2C16H21NO4/c2*1-9(2)15(20)13-5-11(7-18)12(8-19)6-14(13)17-16(21)10(3)4/h2*5-6,9,18-19H,3,7-8H2,1-2,4H3,(H,17,21). The Morgan fingerprint density at radius 2 is 0.857 bits per heavy atom. The second-order valence-corrected chi connectivity index (χ2v) is 10.5. The summed E-state index contributed by atoms with van der Waals surface area (Å²) in [7, 11) is 0. The summed E-state index contributed by atoms with van der Waals surface area (Å²) in [5, 5.41) is 42.6. The minimum absolute atomic E-state index is 0.147. The SMILES string of the molecule is C=C(C)C(=O)Nc1cc(CO)c(CO)cc1C(=O)C(C)C.C=C(C)C(=O)Nc1cc(CO)c(CO)cc1C(=O)C(C)C. The molecule has 0 aliphatic carbocycles. The van der Waals surface area contributed by atoms with E-state index in [9.17, 15) is 39.6 Å². The third-order valence-electron chi connectivity index (χ3n) is 6.21. The molecule has 0 fully saturated rings. The van der Waals surface area contributed by atoms with Gasteiger partial charge in [0.05, 0.1) is 37.8 Å². The molecule has 2 amide bonds. The van der Waals surface area contributed by atoms with Crippen molar-refractivity contribution in [2.75, 3.05) is 10.6 Å². The fraction of sp³-hybridized carbons (Fsp3) is 0.375. The number of aliphatic hydroxyl groups is 4. The molecule has 0 saturated carbocycles. The summed E-state index contributed by atoms with van der Waals surface area (Å²) in [6, 6.07) is 6.06. The first kappa shape index (κ1) is 36.1. The minimum atomic E-state index is -0.395. The minimum Gasteiger partial charge on any atom is -0.392 e. The van der Waals surface area contributed by atoms with Crippen molar-refractivity contribution >= 4 is 34.8 Å². The summed E-state index contributed by atoms with van der Waals surface area (Å²) in [6.45, 7) is 16.1. The monoisotopic (exact) mass is 582 g/mol. The maximum Gasteiger partial charge on any atom is 0.250 e. The number of carbonyl (C=O) groups excluding carboxylic acids is 4. The first-order chi connectivity index (χ1) is 19.6. The van der Waals surface area contributed by atoms with Gasteiger partial charge in [0.15, 0.2) is 11.6 Å². The fourth-order valence-electron chi connectivity index (χ4n) is 3.66. The zero-order valence-electron chi connectivity index (χ0n) is 25.1. The number of rotatable bonds is 12. The summed E-state index contributed by atoms with van der Waals surface area (Å²) in [4.78, 5) is 48.1. The van der Waals surface area contributed by atoms with Gasteiger partial charge in [0.1, 0.15) is 0 Å². The zero-order valence-corrected chi connectivity index (χ0v) is 25.1. The number of hydrogen-bond donors (Lipinski definition) is 6. The number of Topliss-reactive ketones (excluding diaryl/α,β-unsaturated/α-hetero) is 2. The lowest BCUT2D eigenvalue weighted by Crippen LogP contribution is -2.18. The normalized spacial score (nSPS) is 10.6. The van der Waals surface area contributed by atoms with Crippen molar-refractivity contribution in [2.45, 2.75) is 68.0 Å². The Balaban J connectivity index is 0.000000420. The fourth-order valence-corrected chi connectivity index (χ4v) is 3.66. The second kappa shape index (κ2) is 16.5. The van der Waals surface area contributed by atoms with Gasteiger partial charge in [-0.15, -0.1) is 0 Å². The summed E-state index contributed by atoms with van der Waals surface area (Å²) in [6.07, 6.45) is 0. The largest absolute Gasteiger partial charge is 0.392 e. The summed E-state index contributed by atoms with van der Waals surface area (Å²) in [5.41, 5.74) is 3.78. The van der Waals surface area contributed by atoms with Crippen LogP contribution < -0.4 is 10.6 Å². The third-order valence-corrected chi connectivity index (χ3v) is 6.21. The van der Waals surface area contributed by atoms with E-state index < -0.39 is 11.8 Å². The number of amides is 2. The highest BCUT2D eigenvalue weighted by molar-refractivity contribution is 6.10. The number of nitrogens with one attached hydrogen (secondary N) is 2. The van der Waals surface area contributed by atoms with Gasteiger partial charge in [-0.05, 0) is 60.4 Å². The van der Waals surface area contributed by atoms with E-state index in [0.29, 0.717) is 55.9 Å². The van der Waals surface area contributed by atoms with Gasteiger partial charge in [-0.1, -0.05) is 40.9 Å². The Labute approximate surface area is 246 Å². The topological polar surface area (TPSA) is 173 Å². The molecular formula is C32H42N2O8. The van der Waals surface area contributed by atoms with Crippen molar-refractivity contribution in [3.05, 3.63) is 82.0 Å². The van der Waals surface area contributed by atoms with Crippen LogP contribution in [-0.2, 0) is 36.0 Å². The van der Waals surface area contributed by atoms with E-state index in [1.807, 2.05) is 0 Å². The zero-order chi connectivity index (χ0) is 32.3. The summed E-state index contributed by atoms with van der Waals surface area (Å²) >= 11 is 0. The van der Waals surface area contributed by atoms with Crippen LogP contribution in [0.2, 0.25) is 0 Å². The molecule has 2 aromatic carbocycles. The smallest absolute Gasteiger partial charge is 0.250 e. The molecular weight excluding hydrogens is 540 g/mol. The van der Waals surface area contributed by atoms with Crippen LogP contribution in [0, 0.1) is 11.8 Å². The van der Waals surface area contributed by atoms with Gasteiger partial charge >= 0.3 is 0 Å². The molecule has 2 aromatic rings. The van der Waals surface area contributed by atoms with Crippen LogP contribution in [0.1, 0.15) is 84.5 Å². The van der Waals surface area contributed by atoms with Crippen LogP contribution in [-0.4, -0.2) is 43.8 Å². The number of ketones is 2. The maximum absolute atomic E-state index is 12.3. The van der Waals surface area contributed by atoms with Gasteiger partial charge in [-0.2, -0.15) is 0 Å². The average molecular weight is 583 g/mol. The Morgan fingerprint density at radius 3 is 1.07 bits per heavy atom. The number of benzene rings is 2. The molecule has 0 aromatic heterocycles. The number of anilines is 2. The molecule has 0 unspecified atom stereocenters. The van der Waals surface area contributed by atoms with Gasteiger partial charge < -0.3 is 31.1 Å². The Bertz CT molecular complexity index is 1260. The van der Waals surface area contributed by atoms with Gasteiger partial charge in [-0.3, -0.25) is 19.2 Å². The lowest BCUT2D eigenvalue weighted by molar-refractivity contribution is -0.113. The maximum atomic E-state index is 12.3. The van der Waals surface area contributed by atoms with Crippen LogP contribution in [0.5, 0.6) is 0 Å². The molecule has 10 nitrogen and oxygen atoms in total. The van der Waals surface area contributed by atoms with Crippen molar-refractivity contribution in [1.82, 2.24) is 0 Å². The lowest BCUT2D eigenvalue weighted by Gasteiger charge is -2.16. The second-order valence-electron chi connectivity index (χ2n) is 10.5. The molecule has 0 atom stereocenters. The van der Waals surface area contributed by atoms with Gasteiger partial charge in [0.2, 0.25) is 0 Å². The predicted molar refractivity (Wildman–Crippen MR) is 162 cm³/mol. The summed E-state index contributed by atoms with van der Waals surface area (Å²) in [5.74, 6) is -1.59. The molecule has 42 heavy (non-hydrogen) atoms. The van der Waals surface area contributed by atoms with E-state index in [2.05, 4.69) is 23.8 Å². The van der Waals surface area contributed by atoms with Crippen molar-refractivity contribution in [1.29, 1.82) is 0 Å². The molecule has 10 heteroatoms. The Morgan fingerprint density at radius 1 is 0.595 bits per heavy atom. The number of carbonyl (C=O) groups is 4. The van der Waals surface area contributed by atoms with Gasteiger partial charge in [0, 0.05) is 34.1 Å². The third kappa shape index (κ3) is 9.56. The molecule has 0 radical (unpaired) electrons. The van der Waals surface area contributed by atoms with Crippen LogP contribution in [0.15, 0.2) is 48.6 Å². The van der Waals surface area contributed by atoms with Crippen LogP contribution >= 0.6 is 0 Å². The first-order valence-corrected chi connectivity index (χ1v) is 13.4. The summed E-state index contributed by atoms with van der Waals surface area (Å²) < 4.78 is 0. The Hall–Kier alpha value is -3.96. The molecule has 0 heterocycles. The quantitative estimate of drug-likeness (QED) is 0.161. The average Bonchev–Trinajstić information content (AvgIpc) is 2.95. The highest BCUT2D eigenvalue weighted by Crippen LogP contribution is 2.27. The molecule has 0 saturated heterocycles. The molecule has 228 valence electrons. The van der Waals surface area contributed by atoms with E-state index in [1.54, 1.807) is 41.5 Å². The van der Waals surface area contributed by atoms with E-state index in [0.717, 1.165) is 0 Å². The van der Waals surface area contributed by atoms with E-state index >= 15 is 0 Å². The van der Waals surface area contributed by atoms with Crippen LogP contribution in [0.25, 0.3) is 0 Å². The number of hydrogen-bond acceptors (Lipinski definition) is 8. The molecule has 0 bridgehead atoms. The number of aliphatic hydroxyl groups excluding tert-OH is 4. The van der Waals surface area contributed by atoms with Gasteiger partial charge in [0.25, 0.3) is 11.8 Å². The van der Waals surface area contributed by atoms with E-state index in [4.69, 9.17) is 0 Å². The van der Waals surface area contributed by atoms with Crippen molar-refractivity contribution in [3.8, 4) is 0 Å². The van der Waals surface area contributed by atoms with E-state index in [1.165, 1.54) is 24.3 Å². The highest BCUT2D eigenvalue weighted by atomic mass is 16.3. The molecule has 0 aliphatic rings. The van der Waals surface area contributed by atoms with Crippen LogP contribution in [0.3, 0.4) is 0 Å². The lowest BCUT2D eigenvalue weighted by atomic mass is 9.95. The van der Waals surface area contributed by atoms with Gasteiger partial charge in [-0.25, -0.2) is 0 Å². The Kier molecular flexibility index (Phi) is 14.1. The van der Waals surface area contributed by atoms with Crippen molar-refractivity contribution in [2.24, 2.45) is 11.8 Å². The molecule has 2 rings (SSSR count). The predicted octanol–water partition coefficient (Wildman–Crippen LogP) is 4.05. The van der Waals surface area contributed by atoms with E-state index in [-0.39, 0.29) is 49.8 Å². The first-order valence-electron chi connectivity index (χ1n) is 13.4. The van der Waals surface area contributed by atoms with Crippen molar-refractivity contribution < 1.29 is 39.6 Å². The highest BCUT2D eigenvalue weighted by Gasteiger charge is 2.21.